The van der Waals surface area contributed by atoms with Crippen molar-refractivity contribution >= 4 is 21.9 Å². The monoisotopic (exact) mass is 500 g/mol. The van der Waals surface area contributed by atoms with E-state index in [1.807, 2.05) is 13.8 Å². The average Bonchev–Trinajstić information content (AvgIpc) is 3.69. The predicted octanol–water partition coefficient (Wildman–Crippen LogP) is 3.26. The van der Waals surface area contributed by atoms with Crippen LogP contribution >= 0.6 is 0 Å². The molecule has 0 radical (unpaired) electrons. The lowest BCUT2D eigenvalue weighted by Gasteiger charge is -2.17. The van der Waals surface area contributed by atoms with E-state index < -0.39 is 33.0 Å². The summed E-state index contributed by atoms with van der Waals surface area (Å²) in [6.07, 6.45) is 6.01. The number of hydrogen-bond acceptors (Lipinski definition) is 8. The molecule has 0 bridgehead atoms. The van der Waals surface area contributed by atoms with Gasteiger partial charge in [0.2, 0.25) is 21.9 Å². The lowest BCUT2D eigenvalue weighted by atomic mass is 10.1. The molecule has 0 saturated heterocycles. The molecule has 3 aromatic rings. The number of carbonyl (C=O) groups is 1. The Hall–Kier alpha value is -3.67. The van der Waals surface area contributed by atoms with Gasteiger partial charge in [-0.3, -0.25) is 14.5 Å². The molecule has 0 unspecified atom stereocenters. The molecule has 1 aromatic carbocycles. The van der Waals surface area contributed by atoms with Crippen molar-refractivity contribution in [1.29, 1.82) is 0 Å². The van der Waals surface area contributed by atoms with E-state index in [2.05, 4.69) is 30.0 Å². The minimum Gasteiger partial charge on any atom is -0.477 e. The summed E-state index contributed by atoms with van der Waals surface area (Å²) in [6, 6.07) is 5.16. The van der Waals surface area contributed by atoms with Gasteiger partial charge in [0.15, 0.2) is 0 Å². The zero-order valence-corrected chi connectivity index (χ0v) is 20.0. The lowest BCUT2D eigenvalue weighted by molar-refractivity contribution is 0.0930. The SMILES string of the molecule is CCOc1cncc(-c2ccc(C(=O)N[C@H](CC)c3ccnc(NS(=O)(=O)C4CC4)n3)c(F)c2)n1. The van der Waals surface area contributed by atoms with E-state index in [0.29, 0.717) is 48.7 Å². The summed E-state index contributed by atoms with van der Waals surface area (Å²) in [5.41, 5.74) is 1.12. The minimum absolute atomic E-state index is 0.0620. The number of benzene rings is 1. The maximum Gasteiger partial charge on any atom is 0.254 e. The molecule has 1 fully saturated rings. The highest BCUT2D eigenvalue weighted by molar-refractivity contribution is 7.93. The fourth-order valence-corrected chi connectivity index (χ4v) is 4.67. The van der Waals surface area contributed by atoms with Crippen LogP contribution in [0, 0.1) is 5.82 Å². The van der Waals surface area contributed by atoms with E-state index >= 15 is 0 Å². The summed E-state index contributed by atoms with van der Waals surface area (Å²) < 4.78 is 46.9. The standard InChI is InChI=1S/C23H25FN6O4S/c1-3-18(19-9-10-26-23(29-19)30-35(32,33)15-6-7-15)28-22(31)16-8-5-14(11-17(16)24)20-12-25-13-21(27-20)34-4-2/h5,8-13,15,18H,3-4,6-7H2,1-2H3,(H,28,31)(H,26,29,30)/t18-/m1/s1. The highest BCUT2D eigenvalue weighted by atomic mass is 32.2. The Labute approximate surface area is 202 Å². The van der Waals surface area contributed by atoms with Crippen LogP contribution in [0.1, 0.15) is 55.2 Å². The van der Waals surface area contributed by atoms with Crippen LogP contribution in [0.25, 0.3) is 11.3 Å². The Balaban J connectivity index is 1.49. The first kappa shape index (κ1) is 24.5. The number of sulfonamides is 1. The molecule has 1 aliphatic carbocycles. The summed E-state index contributed by atoms with van der Waals surface area (Å²) in [5.74, 6) is -1.09. The fourth-order valence-electron chi connectivity index (χ4n) is 3.39. The second kappa shape index (κ2) is 10.3. The highest BCUT2D eigenvalue weighted by Crippen LogP contribution is 2.29. The summed E-state index contributed by atoms with van der Waals surface area (Å²) >= 11 is 0. The predicted molar refractivity (Wildman–Crippen MR) is 127 cm³/mol. The fraction of sp³-hybridized carbons (Fsp3) is 0.348. The third kappa shape index (κ3) is 5.88. The van der Waals surface area contributed by atoms with Gasteiger partial charge in [0, 0.05) is 11.8 Å². The molecule has 184 valence electrons. The summed E-state index contributed by atoms with van der Waals surface area (Å²) in [6.45, 7) is 4.06. The number of nitrogens with zero attached hydrogens (tertiary/aromatic N) is 4. The molecule has 1 aliphatic rings. The van der Waals surface area contributed by atoms with Crippen LogP contribution in [0.2, 0.25) is 0 Å². The molecule has 2 heterocycles. The maximum absolute atomic E-state index is 14.9. The van der Waals surface area contributed by atoms with Crippen molar-refractivity contribution in [2.75, 3.05) is 11.3 Å². The topological polar surface area (TPSA) is 136 Å². The number of ether oxygens (including phenoxy) is 1. The second-order valence-electron chi connectivity index (χ2n) is 7.96. The molecular weight excluding hydrogens is 475 g/mol. The average molecular weight is 501 g/mol. The number of hydrogen-bond donors (Lipinski definition) is 2. The Kier molecular flexibility index (Phi) is 7.20. The van der Waals surface area contributed by atoms with Gasteiger partial charge < -0.3 is 10.1 Å². The van der Waals surface area contributed by atoms with Crippen LogP contribution in [-0.2, 0) is 10.0 Å². The van der Waals surface area contributed by atoms with Crippen LogP contribution in [0.3, 0.4) is 0 Å². The van der Waals surface area contributed by atoms with E-state index in [1.54, 1.807) is 12.1 Å². The first-order valence-corrected chi connectivity index (χ1v) is 12.8. The van der Waals surface area contributed by atoms with Crippen molar-refractivity contribution in [3.8, 4) is 17.1 Å². The molecular formula is C23H25FN6O4S. The third-order valence-corrected chi connectivity index (χ3v) is 7.17. The Morgan fingerprint density at radius 1 is 1.20 bits per heavy atom. The van der Waals surface area contributed by atoms with Crippen LogP contribution in [0.5, 0.6) is 5.88 Å². The van der Waals surface area contributed by atoms with E-state index in [1.165, 1.54) is 30.7 Å². The van der Waals surface area contributed by atoms with Crippen LogP contribution in [0.15, 0.2) is 42.9 Å². The Morgan fingerprint density at radius 2 is 2.00 bits per heavy atom. The van der Waals surface area contributed by atoms with E-state index in [0.717, 1.165) is 0 Å². The lowest BCUT2D eigenvalue weighted by Crippen LogP contribution is -2.30. The first-order valence-electron chi connectivity index (χ1n) is 11.2. The number of nitrogens with one attached hydrogen (secondary N) is 2. The van der Waals surface area contributed by atoms with Crippen molar-refractivity contribution < 1.29 is 22.3 Å². The number of rotatable bonds is 10. The number of aromatic nitrogens is 4. The molecule has 2 aromatic heterocycles. The quantitative estimate of drug-likeness (QED) is 0.433. The number of amides is 1. The largest absolute Gasteiger partial charge is 0.477 e. The minimum atomic E-state index is -3.52. The molecule has 1 amide bonds. The van der Waals surface area contributed by atoms with Gasteiger partial charge in [-0.1, -0.05) is 13.0 Å². The van der Waals surface area contributed by atoms with Gasteiger partial charge in [-0.2, -0.15) is 0 Å². The molecule has 4 rings (SSSR count). The Bertz CT molecular complexity index is 1330. The van der Waals surface area contributed by atoms with Crippen molar-refractivity contribution in [2.45, 2.75) is 44.4 Å². The van der Waals surface area contributed by atoms with E-state index in [9.17, 15) is 17.6 Å². The van der Waals surface area contributed by atoms with Crippen molar-refractivity contribution in [3.05, 3.63) is 59.9 Å². The smallest absolute Gasteiger partial charge is 0.254 e. The zero-order chi connectivity index (χ0) is 25.0. The number of halogens is 1. The molecule has 1 atom stereocenters. The van der Waals surface area contributed by atoms with Crippen molar-refractivity contribution in [1.82, 2.24) is 25.3 Å². The van der Waals surface area contributed by atoms with E-state index in [-0.39, 0.29) is 11.5 Å². The normalized spacial score (nSPS) is 14.3. The highest BCUT2D eigenvalue weighted by Gasteiger charge is 2.36. The van der Waals surface area contributed by atoms with Gasteiger partial charge in [-0.25, -0.2) is 27.8 Å². The third-order valence-electron chi connectivity index (χ3n) is 5.36. The summed E-state index contributed by atoms with van der Waals surface area (Å²) in [7, 11) is -3.52. The molecule has 2 N–H and O–H groups in total. The van der Waals surface area contributed by atoms with Crippen molar-refractivity contribution in [3.63, 3.8) is 0 Å². The number of carbonyl (C=O) groups excluding carboxylic acids is 1. The second-order valence-corrected chi connectivity index (χ2v) is 9.92. The molecule has 10 nitrogen and oxygen atoms in total. The maximum atomic E-state index is 14.9. The van der Waals surface area contributed by atoms with Gasteiger partial charge >= 0.3 is 0 Å². The van der Waals surface area contributed by atoms with Gasteiger partial charge in [0.05, 0.1) is 47.2 Å². The van der Waals surface area contributed by atoms with Crippen LogP contribution < -0.4 is 14.8 Å². The van der Waals surface area contributed by atoms with Gasteiger partial charge in [-0.05, 0) is 44.4 Å². The molecule has 0 spiro atoms. The molecule has 35 heavy (non-hydrogen) atoms. The first-order chi connectivity index (χ1) is 16.8. The number of anilines is 1. The summed E-state index contributed by atoms with van der Waals surface area (Å²) in [5, 5.41) is 2.33. The van der Waals surface area contributed by atoms with Gasteiger partial charge in [0.1, 0.15) is 5.82 Å². The summed E-state index contributed by atoms with van der Waals surface area (Å²) in [4.78, 5) is 29.4. The Morgan fingerprint density at radius 3 is 2.69 bits per heavy atom. The van der Waals surface area contributed by atoms with Crippen LogP contribution in [-0.4, -0.2) is 46.1 Å². The molecule has 0 aliphatic heterocycles. The van der Waals surface area contributed by atoms with E-state index in [4.69, 9.17) is 4.74 Å². The van der Waals surface area contributed by atoms with Crippen LogP contribution in [0.4, 0.5) is 10.3 Å². The van der Waals surface area contributed by atoms with Gasteiger partial charge in [-0.15, -0.1) is 0 Å². The van der Waals surface area contributed by atoms with Crippen molar-refractivity contribution in [2.24, 2.45) is 0 Å². The molecule has 12 heteroatoms. The molecule has 1 saturated carbocycles. The zero-order valence-electron chi connectivity index (χ0n) is 19.2. The van der Waals surface area contributed by atoms with Gasteiger partial charge in [0.25, 0.3) is 5.91 Å².